The lowest BCUT2D eigenvalue weighted by molar-refractivity contribution is -0.121. The molecule has 0 spiro atoms. The third-order valence-corrected chi connectivity index (χ3v) is 9.64. The van der Waals surface area contributed by atoms with Gasteiger partial charge in [0.05, 0.1) is 17.1 Å². The van der Waals surface area contributed by atoms with Crippen molar-refractivity contribution in [1.29, 1.82) is 0 Å². The Balaban J connectivity index is 1.12. The lowest BCUT2D eigenvalue weighted by Gasteiger charge is -2.39. The van der Waals surface area contributed by atoms with E-state index in [1.807, 2.05) is 0 Å². The lowest BCUT2D eigenvalue weighted by Crippen LogP contribution is -2.47. The average Bonchev–Trinajstić information content (AvgIpc) is 3.04. The van der Waals surface area contributed by atoms with Crippen LogP contribution in [0.15, 0.2) is 83.8 Å². The highest BCUT2D eigenvalue weighted by atomic mass is 32.2. The van der Waals surface area contributed by atoms with E-state index in [0.717, 1.165) is 25.7 Å². The molecule has 9 nitrogen and oxygen atoms in total. The number of amides is 2. The molecule has 3 aromatic carbocycles. The summed E-state index contributed by atoms with van der Waals surface area (Å²) >= 11 is 0. The van der Waals surface area contributed by atoms with Crippen LogP contribution in [-0.2, 0) is 14.8 Å². The fraction of sp³-hybridized carbons (Fsp3) is 0.364. The Morgan fingerprint density at radius 1 is 0.744 bits per heavy atom. The fourth-order valence-corrected chi connectivity index (χ4v) is 6.99. The molecular weight excluding hydrogens is 564 g/mol. The van der Waals surface area contributed by atoms with Crippen LogP contribution in [0.25, 0.3) is 0 Å². The number of hydrogen-bond acceptors (Lipinski definition) is 6. The Hall–Kier alpha value is -4.02. The molecule has 226 valence electrons. The molecule has 0 atom stereocenters. The van der Waals surface area contributed by atoms with E-state index in [1.165, 1.54) is 62.7 Å². The Bertz CT molecular complexity index is 1530. The van der Waals surface area contributed by atoms with Crippen molar-refractivity contribution in [2.75, 3.05) is 24.4 Å². The molecule has 1 saturated heterocycles. The van der Waals surface area contributed by atoms with Crippen molar-refractivity contribution in [3.63, 3.8) is 0 Å². The number of carbonyl (C=O) groups is 3. The molecule has 2 aliphatic rings. The van der Waals surface area contributed by atoms with Crippen LogP contribution >= 0.6 is 0 Å². The molecule has 0 radical (unpaired) electrons. The standard InChI is InChI=1S/C33H38N4O5S/c38-31(35-26-15-17-27(18-16-26)37-21-7-2-8-22-37)23-34-33(40)25-13-19-28(20-14-25)43(41,42)36-30-12-6-5-11-29(30)32(39)24-9-3-1-4-10-24/h1,3-6,9-14,19-20,26-27,36H,2,7-8,15-18,21-23H2,(H,34,40)(H,35,38). The van der Waals surface area contributed by atoms with Gasteiger partial charge in [-0.1, -0.05) is 48.9 Å². The van der Waals surface area contributed by atoms with Gasteiger partial charge in [0.15, 0.2) is 5.78 Å². The summed E-state index contributed by atoms with van der Waals surface area (Å²) in [6.45, 7) is 2.21. The van der Waals surface area contributed by atoms with Gasteiger partial charge in [0, 0.05) is 28.8 Å². The highest BCUT2D eigenvalue weighted by Crippen LogP contribution is 2.26. The zero-order valence-corrected chi connectivity index (χ0v) is 24.9. The minimum absolute atomic E-state index is 0.0658. The molecule has 1 aliphatic heterocycles. The normalized spacial score (nSPS) is 19.3. The number of carbonyl (C=O) groups excluding carboxylic acids is 3. The molecule has 1 heterocycles. The summed E-state index contributed by atoms with van der Waals surface area (Å²) in [6, 6.07) is 21.2. The Kier molecular flexibility index (Phi) is 9.89. The smallest absolute Gasteiger partial charge is 0.261 e. The van der Waals surface area contributed by atoms with Gasteiger partial charge in [-0.15, -0.1) is 0 Å². The summed E-state index contributed by atoms with van der Waals surface area (Å²) in [5.41, 5.74) is 1.05. The summed E-state index contributed by atoms with van der Waals surface area (Å²) in [5.74, 6) is -1.01. The first kappa shape index (κ1) is 30.4. The number of rotatable bonds is 10. The minimum atomic E-state index is -4.05. The molecule has 0 aromatic heterocycles. The molecule has 0 unspecified atom stereocenters. The maximum atomic E-state index is 13.1. The van der Waals surface area contributed by atoms with Crippen LogP contribution in [-0.4, -0.2) is 62.6 Å². The van der Waals surface area contributed by atoms with Crippen molar-refractivity contribution in [2.24, 2.45) is 0 Å². The maximum Gasteiger partial charge on any atom is 0.261 e. The second kappa shape index (κ2) is 14.0. The van der Waals surface area contributed by atoms with Crippen LogP contribution in [0.5, 0.6) is 0 Å². The zero-order valence-electron chi connectivity index (χ0n) is 24.1. The highest BCUT2D eigenvalue weighted by Gasteiger charge is 2.27. The number of anilines is 1. The molecule has 2 amide bonds. The third-order valence-electron chi connectivity index (χ3n) is 8.26. The Labute approximate surface area is 253 Å². The summed E-state index contributed by atoms with van der Waals surface area (Å²) in [5, 5.41) is 5.66. The number of benzene rings is 3. The van der Waals surface area contributed by atoms with E-state index in [1.54, 1.807) is 48.5 Å². The van der Waals surface area contributed by atoms with Crippen LogP contribution in [0.3, 0.4) is 0 Å². The second-order valence-corrected chi connectivity index (χ2v) is 12.9. The number of likely N-dealkylation sites (tertiary alicyclic amines) is 1. The Morgan fingerprint density at radius 3 is 2.09 bits per heavy atom. The van der Waals surface area contributed by atoms with Gasteiger partial charge in [-0.05, 0) is 88.0 Å². The number of ketones is 1. The SMILES string of the molecule is O=C(CNC(=O)c1ccc(S(=O)(=O)Nc2ccccc2C(=O)c2ccccc2)cc1)NC1CCC(N2CCCCC2)CC1. The average molecular weight is 603 g/mol. The number of nitrogens with one attached hydrogen (secondary N) is 3. The second-order valence-electron chi connectivity index (χ2n) is 11.2. The number of hydrogen-bond donors (Lipinski definition) is 3. The van der Waals surface area contributed by atoms with Gasteiger partial charge in [-0.25, -0.2) is 8.42 Å². The van der Waals surface area contributed by atoms with Crippen LogP contribution in [0.1, 0.15) is 71.2 Å². The van der Waals surface area contributed by atoms with E-state index in [2.05, 4.69) is 20.3 Å². The summed E-state index contributed by atoms with van der Waals surface area (Å²) in [4.78, 5) is 40.7. The van der Waals surface area contributed by atoms with Gasteiger partial charge in [0.25, 0.3) is 15.9 Å². The molecule has 3 aromatic rings. The quantitative estimate of drug-likeness (QED) is 0.296. The monoisotopic (exact) mass is 602 g/mol. The molecule has 2 fully saturated rings. The van der Waals surface area contributed by atoms with E-state index in [-0.39, 0.29) is 46.0 Å². The van der Waals surface area contributed by atoms with Crippen LogP contribution in [0.4, 0.5) is 5.69 Å². The van der Waals surface area contributed by atoms with Crippen LogP contribution in [0.2, 0.25) is 0 Å². The van der Waals surface area contributed by atoms with Crippen molar-refractivity contribution in [2.45, 2.75) is 61.9 Å². The third kappa shape index (κ3) is 7.88. The van der Waals surface area contributed by atoms with Gasteiger partial charge in [0.2, 0.25) is 5.91 Å². The molecule has 0 bridgehead atoms. The Morgan fingerprint density at radius 2 is 1.40 bits per heavy atom. The summed E-state index contributed by atoms with van der Waals surface area (Å²) in [6.07, 6.45) is 7.91. The first-order valence-electron chi connectivity index (χ1n) is 14.9. The van der Waals surface area contributed by atoms with Gasteiger partial charge < -0.3 is 15.5 Å². The first-order valence-corrected chi connectivity index (χ1v) is 16.4. The van der Waals surface area contributed by atoms with E-state index in [9.17, 15) is 22.8 Å². The summed E-state index contributed by atoms with van der Waals surface area (Å²) < 4.78 is 28.8. The van der Waals surface area contributed by atoms with E-state index < -0.39 is 15.9 Å². The van der Waals surface area contributed by atoms with Gasteiger partial charge >= 0.3 is 0 Å². The van der Waals surface area contributed by atoms with Crippen molar-refractivity contribution in [3.8, 4) is 0 Å². The number of para-hydroxylation sites is 1. The minimum Gasteiger partial charge on any atom is -0.352 e. The molecule has 5 rings (SSSR count). The van der Waals surface area contributed by atoms with Crippen molar-refractivity contribution in [3.05, 3.63) is 95.6 Å². The predicted octanol–water partition coefficient (Wildman–Crippen LogP) is 4.36. The molecule has 3 N–H and O–H groups in total. The van der Waals surface area contributed by atoms with Crippen molar-refractivity contribution < 1.29 is 22.8 Å². The molecule has 1 saturated carbocycles. The number of piperidine rings is 1. The van der Waals surface area contributed by atoms with E-state index >= 15 is 0 Å². The number of sulfonamides is 1. The topological polar surface area (TPSA) is 125 Å². The molecule has 43 heavy (non-hydrogen) atoms. The summed E-state index contributed by atoms with van der Waals surface area (Å²) in [7, 11) is -4.05. The number of nitrogens with zero attached hydrogens (tertiary/aromatic N) is 1. The largest absolute Gasteiger partial charge is 0.352 e. The maximum absolute atomic E-state index is 13.1. The van der Waals surface area contributed by atoms with Gasteiger partial charge in [0.1, 0.15) is 0 Å². The lowest BCUT2D eigenvalue weighted by atomic mass is 9.89. The van der Waals surface area contributed by atoms with Crippen LogP contribution in [0, 0.1) is 0 Å². The predicted molar refractivity (Wildman–Crippen MR) is 166 cm³/mol. The zero-order chi connectivity index (χ0) is 30.2. The van der Waals surface area contributed by atoms with Crippen LogP contribution < -0.4 is 15.4 Å². The fourth-order valence-electron chi connectivity index (χ4n) is 5.91. The first-order chi connectivity index (χ1) is 20.8. The molecule has 1 aliphatic carbocycles. The van der Waals surface area contributed by atoms with Crippen molar-refractivity contribution >= 4 is 33.3 Å². The molecular formula is C33H38N4O5S. The van der Waals surface area contributed by atoms with Crippen molar-refractivity contribution in [1.82, 2.24) is 15.5 Å². The van der Waals surface area contributed by atoms with Gasteiger partial charge in [-0.2, -0.15) is 0 Å². The van der Waals surface area contributed by atoms with E-state index in [4.69, 9.17) is 0 Å². The van der Waals surface area contributed by atoms with E-state index in [0.29, 0.717) is 11.6 Å². The highest BCUT2D eigenvalue weighted by molar-refractivity contribution is 7.92. The van der Waals surface area contributed by atoms with Gasteiger partial charge in [-0.3, -0.25) is 19.1 Å². The molecule has 10 heteroatoms.